The van der Waals surface area contributed by atoms with E-state index in [2.05, 4.69) is 22.1 Å². The van der Waals surface area contributed by atoms with E-state index in [1.165, 1.54) is 5.56 Å². The van der Waals surface area contributed by atoms with Gasteiger partial charge in [-0.1, -0.05) is 30.3 Å². The fourth-order valence-electron chi connectivity index (χ4n) is 3.34. The molecule has 1 aliphatic rings. The first-order valence-corrected chi connectivity index (χ1v) is 8.38. The van der Waals surface area contributed by atoms with E-state index in [9.17, 15) is 4.79 Å². The van der Waals surface area contributed by atoms with Gasteiger partial charge in [-0.25, -0.2) is 4.98 Å². The molecule has 126 valence electrons. The van der Waals surface area contributed by atoms with Gasteiger partial charge >= 0.3 is 0 Å². The first-order valence-electron chi connectivity index (χ1n) is 8.38. The SMILES string of the molecule is Cc1ccnc(NCC2CCN(C(C(N)=O)c3ccccc3)C2)c1. The van der Waals surface area contributed by atoms with Gasteiger partial charge in [0.15, 0.2) is 0 Å². The zero-order valence-electron chi connectivity index (χ0n) is 14.0. The van der Waals surface area contributed by atoms with Gasteiger partial charge in [-0.2, -0.15) is 0 Å². The minimum absolute atomic E-state index is 0.282. The highest BCUT2D eigenvalue weighted by molar-refractivity contribution is 5.81. The van der Waals surface area contributed by atoms with Crippen molar-refractivity contribution < 1.29 is 4.79 Å². The zero-order chi connectivity index (χ0) is 16.9. The molecule has 1 saturated heterocycles. The average Bonchev–Trinajstić information content (AvgIpc) is 3.02. The molecule has 0 bridgehead atoms. The van der Waals surface area contributed by atoms with Crippen LogP contribution in [0.25, 0.3) is 0 Å². The van der Waals surface area contributed by atoms with Crippen LogP contribution in [0, 0.1) is 12.8 Å². The Morgan fingerprint density at radius 1 is 1.38 bits per heavy atom. The van der Waals surface area contributed by atoms with Crippen LogP contribution in [0.1, 0.15) is 23.6 Å². The highest BCUT2D eigenvalue weighted by atomic mass is 16.1. The van der Waals surface area contributed by atoms with Gasteiger partial charge in [0.2, 0.25) is 5.91 Å². The number of primary amides is 1. The van der Waals surface area contributed by atoms with E-state index in [1.54, 1.807) is 0 Å². The van der Waals surface area contributed by atoms with E-state index in [0.717, 1.165) is 37.4 Å². The van der Waals surface area contributed by atoms with E-state index in [1.807, 2.05) is 48.7 Å². The average molecular weight is 324 g/mol. The summed E-state index contributed by atoms with van der Waals surface area (Å²) in [5, 5.41) is 3.40. The molecular weight excluding hydrogens is 300 g/mol. The van der Waals surface area contributed by atoms with Crippen LogP contribution in [-0.4, -0.2) is 35.4 Å². The maximum absolute atomic E-state index is 12.0. The predicted molar refractivity (Wildman–Crippen MR) is 95.5 cm³/mol. The Morgan fingerprint density at radius 2 is 2.17 bits per heavy atom. The van der Waals surface area contributed by atoms with Crippen LogP contribution in [0.5, 0.6) is 0 Å². The van der Waals surface area contributed by atoms with Crippen molar-refractivity contribution in [2.24, 2.45) is 11.7 Å². The van der Waals surface area contributed by atoms with Crippen molar-refractivity contribution in [3.63, 3.8) is 0 Å². The Morgan fingerprint density at radius 3 is 2.88 bits per heavy atom. The third-order valence-electron chi connectivity index (χ3n) is 4.55. The number of benzene rings is 1. The number of hydrogen-bond acceptors (Lipinski definition) is 4. The molecule has 1 fully saturated rings. The van der Waals surface area contributed by atoms with Crippen molar-refractivity contribution in [1.82, 2.24) is 9.88 Å². The molecule has 2 atom stereocenters. The van der Waals surface area contributed by atoms with E-state index >= 15 is 0 Å². The molecular formula is C19H24N4O. The van der Waals surface area contributed by atoms with Gasteiger partial charge in [-0.05, 0) is 49.1 Å². The number of likely N-dealkylation sites (tertiary alicyclic amines) is 1. The second kappa shape index (κ2) is 7.45. The molecule has 1 aromatic heterocycles. The lowest BCUT2D eigenvalue weighted by molar-refractivity contribution is -0.123. The Labute approximate surface area is 142 Å². The maximum atomic E-state index is 12.0. The van der Waals surface area contributed by atoms with Gasteiger partial charge in [0.25, 0.3) is 0 Å². The lowest BCUT2D eigenvalue weighted by Gasteiger charge is -2.25. The second-order valence-corrected chi connectivity index (χ2v) is 6.46. The van der Waals surface area contributed by atoms with Crippen LogP contribution in [0.3, 0.4) is 0 Å². The van der Waals surface area contributed by atoms with Gasteiger partial charge in [-0.15, -0.1) is 0 Å². The number of nitrogens with zero attached hydrogens (tertiary/aromatic N) is 2. The monoisotopic (exact) mass is 324 g/mol. The summed E-state index contributed by atoms with van der Waals surface area (Å²) >= 11 is 0. The predicted octanol–water partition coefficient (Wildman–Crippen LogP) is 2.35. The minimum Gasteiger partial charge on any atom is -0.370 e. The molecule has 3 rings (SSSR count). The van der Waals surface area contributed by atoms with Crippen LogP contribution in [0.15, 0.2) is 48.7 Å². The van der Waals surface area contributed by atoms with Crippen molar-refractivity contribution >= 4 is 11.7 Å². The molecule has 0 radical (unpaired) electrons. The van der Waals surface area contributed by atoms with E-state index in [-0.39, 0.29) is 11.9 Å². The van der Waals surface area contributed by atoms with Crippen LogP contribution >= 0.6 is 0 Å². The number of amides is 1. The highest BCUT2D eigenvalue weighted by Crippen LogP contribution is 2.27. The summed E-state index contributed by atoms with van der Waals surface area (Å²) in [6.45, 7) is 4.66. The Balaban J connectivity index is 1.60. The number of aromatic nitrogens is 1. The molecule has 0 spiro atoms. The molecule has 2 aromatic rings. The van der Waals surface area contributed by atoms with Crippen LogP contribution in [0.4, 0.5) is 5.82 Å². The normalized spacial score (nSPS) is 19.1. The number of carbonyl (C=O) groups is 1. The Kier molecular flexibility index (Phi) is 5.11. The van der Waals surface area contributed by atoms with Crippen LogP contribution < -0.4 is 11.1 Å². The van der Waals surface area contributed by atoms with E-state index in [0.29, 0.717) is 5.92 Å². The number of aryl methyl sites for hydroxylation is 1. The molecule has 3 N–H and O–H groups in total. The van der Waals surface area contributed by atoms with Crippen molar-refractivity contribution in [3.8, 4) is 0 Å². The summed E-state index contributed by atoms with van der Waals surface area (Å²) in [4.78, 5) is 18.5. The number of pyridine rings is 1. The van der Waals surface area contributed by atoms with Crippen molar-refractivity contribution in [2.75, 3.05) is 25.0 Å². The molecule has 24 heavy (non-hydrogen) atoms. The number of hydrogen-bond donors (Lipinski definition) is 2. The summed E-state index contributed by atoms with van der Waals surface area (Å²) in [6, 6.07) is 13.5. The summed E-state index contributed by atoms with van der Waals surface area (Å²) in [5.41, 5.74) is 7.83. The summed E-state index contributed by atoms with van der Waals surface area (Å²) in [6.07, 6.45) is 2.87. The highest BCUT2D eigenvalue weighted by Gasteiger charge is 2.32. The quantitative estimate of drug-likeness (QED) is 0.855. The Hall–Kier alpha value is -2.40. The number of rotatable bonds is 6. The van der Waals surface area contributed by atoms with Gasteiger partial charge in [0.1, 0.15) is 11.9 Å². The minimum atomic E-state index is -0.340. The second-order valence-electron chi connectivity index (χ2n) is 6.46. The fourth-order valence-corrected chi connectivity index (χ4v) is 3.34. The number of anilines is 1. The molecule has 2 unspecified atom stereocenters. The Bertz CT molecular complexity index is 689. The first kappa shape index (κ1) is 16.5. The largest absolute Gasteiger partial charge is 0.370 e. The van der Waals surface area contributed by atoms with E-state index in [4.69, 9.17) is 5.73 Å². The van der Waals surface area contributed by atoms with Crippen molar-refractivity contribution in [1.29, 1.82) is 0 Å². The molecule has 0 aliphatic carbocycles. The van der Waals surface area contributed by atoms with Crippen molar-refractivity contribution in [3.05, 3.63) is 59.8 Å². The van der Waals surface area contributed by atoms with Gasteiger partial charge < -0.3 is 11.1 Å². The lowest BCUT2D eigenvalue weighted by Crippen LogP contribution is -2.36. The third-order valence-corrected chi connectivity index (χ3v) is 4.55. The molecule has 5 heteroatoms. The molecule has 0 saturated carbocycles. The van der Waals surface area contributed by atoms with Gasteiger partial charge in [-0.3, -0.25) is 9.69 Å². The molecule has 2 heterocycles. The van der Waals surface area contributed by atoms with Gasteiger partial charge in [0.05, 0.1) is 0 Å². The van der Waals surface area contributed by atoms with Crippen LogP contribution in [-0.2, 0) is 4.79 Å². The van der Waals surface area contributed by atoms with Crippen molar-refractivity contribution in [2.45, 2.75) is 19.4 Å². The standard InChI is InChI=1S/C19H24N4O/c1-14-7-9-21-17(11-14)22-12-15-8-10-23(13-15)18(19(20)24)16-5-3-2-4-6-16/h2-7,9,11,15,18H,8,10,12-13H2,1H3,(H2,20,24)(H,21,22). The summed E-state index contributed by atoms with van der Waals surface area (Å²) in [7, 11) is 0. The number of carbonyl (C=O) groups excluding carboxylic acids is 1. The lowest BCUT2D eigenvalue weighted by atomic mass is 10.0. The molecule has 5 nitrogen and oxygen atoms in total. The molecule has 1 amide bonds. The third kappa shape index (κ3) is 3.92. The topological polar surface area (TPSA) is 71.2 Å². The first-order chi connectivity index (χ1) is 11.6. The smallest absolute Gasteiger partial charge is 0.239 e. The fraction of sp³-hybridized carbons (Fsp3) is 0.368. The zero-order valence-corrected chi connectivity index (χ0v) is 14.0. The van der Waals surface area contributed by atoms with Gasteiger partial charge in [0, 0.05) is 19.3 Å². The summed E-state index contributed by atoms with van der Waals surface area (Å²) < 4.78 is 0. The summed E-state index contributed by atoms with van der Waals surface area (Å²) in [5.74, 6) is 1.11. The van der Waals surface area contributed by atoms with Crippen LogP contribution in [0.2, 0.25) is 0 Å². The maximum Gasteiger partial charge on any atom is 0.239 e. The molecule has 1 aliphatic heterocycles. The molecule has 1 aromatic carbocycles. The van der Waals surface area contributed by atoms with E-state index < -0.39 is 0 Å². The number of nitrogens with one attached hydrogen (secondary N) is 1. The number of nitrogens with two attached hydrogens (primary N) is 1.